The number of aliphatic imine (C=N–C) groups is 1. The molecule has 7 heteroatoms. The number of nitriles is 1. The fourth-order valence-electron chi connectivity index (χ4n) is 3.35. The fraction of sp³-hybridized carbons (Fsp3) is 0.381. The maximum Gasteiger partial charge on any atom is 0.182 e. The number of ether oxygens (including phenoxy) is 1. The number of anilines is 1. The molecule has 0 unspecified atom stereocenters. The summed E-state index contributed by atoms with van der Waals surface area (Å²) in [4.78, 5) is 13.4. The minimum absolute atomic E-state index is 0.603. The number of pyridine rings is 1. The van der Waals surface area contributed by atoms with E-state index in [9.17, 15) is 0 Å². The van der Waals surface area contributed by atoms with Crippen molar-refractivity contribution in [3.05, 3.63) is 54.4 Å². The number of amidine groups is 1. The minimum Gasteiger partial charge on any atom is -0.495 e. The number of hydrogen-bond donors (Lipinski definition) is 1. The van der Waals surface area contributed by atoms with Gasteiger partial charge in [0.05, 0.1) is 12.8 Å². The average Bonchev–Trinajstić information content (AvgIpc) is 2.77. The van der Waals surface area contributed by atoms with Crippen LogP contribution in [0.1, 0.15) is 12.0 Å². The quantitative estimate of drug-likeness (QED) is 0.261. The molecule has 1 saturated heterocycles. The van der Waals surface area contributed by atoms with Gasteiger partial charge in [-0.3, -0.25) is 20.2 Å². The number of para-hydroxylation sites is 2. The summed E-state index contributed by atoms with van der Waals surface area (Å²) in [5.41, 5.74) is 2.04. The van der Waals surface area contributed by atoms with Gasteiger partial charge in [0, 0.05) is 57.2 Å². The minimum atomic E-state index is 0.603. The average molecular weight is 378 g/mol. The highest BCUT2D eigenvalue weighted by Gasteiger charge is 2.19. The zero-order valence-electron chi connectivity index (χ0n) is 16.2. The number of nitrogens with zero attached hydrogens (tertiary/aromatic N) is 5. The maximum atomic E-state index is 8.94. The number of methoxy groups -OCH3 is 1. The van der Waals surface area contributed by atoms with Crippen LogP contribution < -0.4 is 15.0 Å². The lowest BCUT2D eigenvalue weighted by atomic mass is 10.2. The molecule has 1 aromatic heterocycles. The van der Waals surface area contributed by atoms with Gasteiger partial charge in [0.15, 0.2) is 6.19 Å². The lowest BCUT2D eigenvalue weighted by Gasteiger charge is -2.36. The lowest BCUT2D eigenvalue weighted by Crippen LogP contribution is -2.46. The van der Waals surface area contributed by atoms with E-state index in [2.05, 4.69) is 37.2 Å². The topological polar surface area (TPSA) is 76.8 Å². The number of aromatic nitrogens is 1. The summed E-state index contributed by atoms with van der Waals surface area (Å²) in [5, 5.41) is 11.6. The van der Waals surface area contributed by atoms with E-state index in [0.29, 0.717) is 12.4 Å². The lowest BCUT2D eigenvalue weighted by molar-refractivity contribution is 0.255. The van der Waals surface area contributed by atoms with Gasteiger partial charge in [-0.25, -0.2) is 0 Å². The Morgan fingerprint density at radius 2 is 1.93 bits per heavy atom. The van der Waals surface area contributed by atoms with E-state index in [1.54, 1.807) is 19.5 Å². The van der Waals surface area contributed by atoms with Gasteiger partial charge >= 0.3 is 0 Å². The number of piperazine rings is 1. The predicted molar refractivity (Wildman–Crippen MR) is 111 cm³/mol. The SMILES string of the molecule is COc1ccccc1N1CCN(CCCN=C(NC#N)c2ccncc2)CC1. The summed E-state index contributed by atoms with van der Waals surface area (Å²) in [5.74, 6) is 1.53. The molecular weight excluding hydrogens is 352 g/mol. The molecule has 0 saturated carbocycles. The van der Waals surface area contributed by atoms with E-state index in [4.69, 9.17) is 10.00 Å². The normalized spacial score (nSPS) is 15.1. The van der Waals surface area contributed by atoms with Crippen molar-refractivity contribution in [2.75, 3.05) is 51.3 Å². The van der Waals surface area contributed by atoms with Crippen LogP contribution in [0.5, 0.6) is 5.75 Å². The molecule has 7 nitrogen and oxygen atoms in total. The summed E-state index contributed by atoms with van der Waals surface area (Å²) in [6, 6.07) is 11.9. The van der Waals surface area contributed by atoms with E-state index < -0.39 is 0 Å². The summed E-state index contributed by atoms with van der Waals surface area (Å²) >= 11 is 0. The van der Waals surface area contributed by atoms with Crippen LogP contribution in [0.2, 0.25) is 0 Å². The molecule has 1 N–H and O–H groups in total. The molecule has 0 spiro atoms. The van der Waals surface area contributed by atoms with Gasteiger partial charge in [0.1, 0.15) is 11.6 Å². The molecule has 0 atom stereocenters. The third-order valence-electron chi connectivity index (χ3n) is 4.83. The highest BCUT2D eigenvalue weighted by molar-refractivity contribution is 5.99. The molecule has 0 amide bonds. The molecule has 0 aliphatic carbocycles. The van der Waals surface area contributed by atoms with Crippen LogP contribution in [0.3, 0.4) is 0 Å². The van der Waals surface area contributed by atoms with Crippen LogP contribution in [-0.4, -0.2) is 62.1 Å². The Morgan fingerprint density at radius 3 is 2.64 bits per heavy atom. The number of benzene rings is 1. The first-order valence-corrected chi connectivity index (χ1v) is 9.52. The standard InChI is InChI=1S/C21H26N6O/c1-28-20-6-3-2-5-19(20)27-15-13-26(14-16-27)12-4-9-24-21(25-17-22)18-7-10-23-11-8-18/h2-3,5-8,10-11H,4,9,12-16H2,1H3,(H,24,25). The number of hydrogen-bond acceptors (Lipinski definition) is 6. The highest BCUT2D eigenvalue weighted by atomic mass is 16.5. The van der Waals surface area contributed by atoms with Crippen LogP contribution in [0.4, 0.5) is 5.69 Å². The van der Waals surface area contributed by atoms with Crippen LogP contribution in [0, 0.1) is 11.5 Å². The van der Waals surface area contributed by atoms with Gasteiger partial charge in [-0.05, 0) is 30.7 Å². The second-order valence-electron chi connectivity index (χ2n) is 6.56. The van der Waals surface area contributed by atoms with Crippen molar-refractivity contribution < 1.29 is 4.74 Å². The molecule has 1 aromatic carbocycles. The molecule has 0 radical (unpaired) electrons. The summed E-state index contributed by atoms with van der Waals surface area (Å²) in [7, 11) is 1.72. The molecule has 2 aromatic rings. The maximum absolute atomic E-state index is 8.94. The zero-order chi connectivity index (χ0) is 19.6. The Labute approximate surface area is 166 Å². The van der Waals surface area contributed by atoms with Crippen molar-refractivity contribution in [2.45, 2.75) is 6.42 Å². The summed E-state index contributed by atoms with van der Waals surface area (Å²) in [6.45, 7) is 5.70. The van der Waals surface area contributed by atoms with Crippen LogP contribution >= 0.6 is 0 Å². The van der Waals surface area contributed by atoms with Crippen molar-refractivity contribution in [3.8, 4) is 11.9 Å². The van der Waals surface area contributed by atoms with Crippen molar-refractivity contribution in [1.29, 1.82) is 5.26 Å². The Morgan fingerprint density at radius 1 is 1.18 bits per heavy atom. The van der Waals surface area contributed by atoms with E-state index in [1.807, 2.05) is 30.5 Å². The third kappa shape index (κ3) is 5.21. The first kappa shape index (κ1) is 19.6. The van der Waals surface area contributed by atoms with Gasteiger partial charge in [-0.15, -0.1) is 0 Å². The van der Waals surface area contributed by atoms with Gasteiger partial charge in [0.25, 0.3) is 0 Å². The summed E-state index contributed by atoms with van der Waals surface area (Å²) < 4.78 is 5.48. The monoisotopic (exact) mass is 378 g/mol. The molecule has 28 heavy (non-hydrogen) atoms. The predicted octanol–water partition coefficient (Wildman–Crippen LogP) is 2.12. The van der Waals surface area contributed by atoms with Crippen molar-refractivity contribution in [2.24, 2.45) is 4.99 Å². The Kier molecular flexibility index (Phi) is 7.21. The molecule has 1 aliphatic rings. The first-order valence-electron chi connectivity index (χ1n) is 9.52. The van der Waals surface area contributed by atoms with Crippen LogP contribution in [0.25, 0.3) is 0 Å². The molecule has 1 aliphatic heterocycles. The largest absolute Gasteiger partial charge is 0.495 e. The van der Waals surface area contributed by atoms with E-state index in [1.165, 1.54) is 5.69 Å². The number of rotatable bonds is 7. The number of nitrogens with one attached hydrogen (secondary N) is 1. The van der Waals surface area contributed by atoms with Gasteiger partial charge < -0.3 is 9.64 Å². The molecule has 0 bridgehead atoms. The molecule has 1 fully saturated rings. The Hall–Kier alpha value is -3.11. The van der Waals surface area contributed by atoms with E-state index in [-0.39, 0.29) is 0 Å². The molecule has 146 valence electrons. The Balaban J connectivity index is 1.46. The molecule has 3 rings (SSSR count). The second-order valence-corrected chi connectivity index (χ2v) is 6.56. The van der Waals surface area contributed by atoms with Crippen molar-refractivity contribution >= 4 is 11.5 Å². The highest BCUT2D eigenvalue weighted by Crippen LogP contribution is 2.28. The zero-order valence-corrected chi connectivity index (χ0v) is 16.2. The summed E-state index contributed by atoms with van der Waals surface area (Å²) in [6.07, 6.45) is 6.31. The van der Waals surface area contributed by atoms with Crippen molar-refractivity contribution in [1.82, 2.24) is 15.2 Å². The fourth-order valence-corrected chi connectivity index (χ4v) is 3.35. The molecular formula is C21H26N6O. The van der Waals surface area contributed by atoms with Gasteiger partial charge in [0.2, 0.25) is 0 Å². The van der Waals surface area contributed by atoms with Crippen molar-refractivity contribution in [3.63, 3.8) is 0 Å². The van der Waals surface area contributed by atoms with Crippen LogP contribution in [-0.2, 0) is 0 Å². The Bertz CT molecular complexity index is 809. The third-order valence-corrected chi connectivity index (χ3v) is 4.83. The van der Waals surface area contributed by atoms with Gasteiger partial charge in [-0.1, -0.05) is 12.1 Å². The van der Waals surface area contributed by atoms with Crippen LogP contribution in [0.15, 0.2) is 53.8 Å². The first-order chi connectivity index (χ1) is 13.8. The second kappa shape index (κ2) is 10.3. The van der Waals surface area contributed by atoms with E-state index in [0.717, 1.165) is 50.5 Å². The van der Waals surface area contributed by atoms with E-state index >= 15 is 0 Å². The molecule has 2 heterocycles. The smallest absolute Gasteiger partial charge is 0.182 e. The van der Waals surface area contributed by atoms with Gasteiger partial charge in [-0.2, -0.15) is 5.26 Å².